The summed E-state index contributed by atoms with van der Waals surface area (Å²) in [6.45, 7) is 2.17. The van der Waals surface area contributed by atoms with Crippen molar-refractivity contribution in [1.82, 2.24) is 4.98 Å². The van der Waals surface area contributed by atoms with Gasteiger partial charge < -0.3 is 0 Å². The minimum Gasteiger partial charge on any atom is -0.237 e. The van der Waals surface area contributed by atoms with Gasteiger partial charge in [-0.3, -0.25) is 0 Å². The number of nitrogens with zero attached hydrogens (tertiary/aromatic N) is 1. The van der Waals surface area contributed by atoms with Gasteiger partial charge in [0.05, 0.1) is 10.2 Å². The number of aryl methyl sites for hydroxylation is 1. The zero-order valence-electron chi connectivity index (χ0n) is 7.83. The van der Waals surface area contributed by atoms with Crippen LogP contribution in [0.3, 0.4) is 0 Å². The second kappa shape index (κ2) is 4.24. The Bertz CT molecular complexity index is 473. The number of fused-ring (bicyclic) bond motifs is 1. The SMILES string of the molecule is CCc1ccc2nc(C=CBr)sc2c1. The minimum atomic E-state index is 1.05. The molecule has 0 amide bonds. The molecule has 0 bridgehead atoms. The number of benzene rings is 1. The Morgan fingerprint density at radius 3 is 3.07 bits per heavy atom. The summed E-state index contributed by atoms with van der Waals surface area (Å²) in [5, 5.41) is 1.05. The van der Waals surface area contributed by atoms with Gasteiger partial charge in [-0.1, -0.05) is 28.9 Å². The Morgan fingerprint density at radius 1 is 1.50 bits per heavy atom. The third-order valence-electron chi connectivity index (χ3n) is 2.08. The van der Waals surface area contributed by atoms with Crippen LogP contribution < -0.4 is 0 Å². The monoisotopic (exact) mass is 267 g/mol. The van der Waals surface area contributed by atoms with Gasteiger partial charge in [-0.05, 0) is 35.2 Å². The normalized spacial score (nSPS) is 11.6. The molecular weight excluding hydrogens is 258 g/mol. The zero-order valence-corrected chi connectivity index (χ0v) is 10.2. The van der Waals surface area contributed by atoms with E-state index in [0.29, 0.717) is 0 Å². The number of hydrogen-bond donors (Lipinski definition) is 0. The molecule has 1 heterocycles. The van der Waals surface area contributed by atoms with Crippen molar-refractivity contribution < 1.29 is 0 Å². The van der Waals surface area contributed by atoms with Crippen molar-refractivity contribution in [3.63, 3.8) is 0 Å². The third kappa shape index (κ3) is 1.88. The molecule has 3 heteroatoms. The van der Waals surface area contributed by atoms with Crippen LogP contribution in [0.5, 0.6) is 0 Å². The summed E-state index contributed by atoms with van der Waals surface area (Å²) in [4.78, 5) is 6.32. The molecule has 0 aliphatic rings. The summed E-state index contributed by atoms with van der Waals surface area (Å²) in [6, 6.07) is 6.46. The van der Waals surface area contributed by atoms with E-state index in [1.54, 1.807) is 11.3 Å². The first-order valence-corrected chi connectivity index (χ1v) is 6.23. The molecule has 0 N–H and O–H groups in total. The maximum absolute atomic E-state index is 4.48. The highest BCUT2D eigenvalue weighted by Gasteiger charge is 2.01. The van der Waals surface area contributed by atoms with Crippen LogP contribution in [0.4, 0.5) is 0 Å². The lowest BCUT2D eigenvalue weighted by atomic mass is 10.2. The predicted molar refractivity (Wildman–Crippen MR) is 67.0 cm³/mol. The highest BCUT2D eigenvalue weighted by molar-refractivity contribution is 9.11. The van der Waals surface area contributed by atoms with Crippen molar-refractivity contribution in [3.8, 4) is 0 Å². The van der Waals surface area contributed by atoms with Gasteiger partial charge >= 0.3 is 0 Å². The molecular formula is C11H10BrNS. The first-order valence-electron chi connectivity index (χ1n) is 4.49. The van der Waals surface area contributed by atoms with Crippen LogP contribution in [0.25, 0.3) is 16.3 Å². The van der Waals surface area contributed by atoms with Crippen LogP contribution in [-0.2, 0) is 6.42 Å². The van der Waals surface area contributed by atoms with Crippen molar-refractivity contribution in [3.05, 3.63) is 33.8 Å². The summed E-state index contributed by atoms with van der Waals surface area (Å²) >= 11 is 4.98. The van der Waals surface area contributed by atoms with Crippen molar-refractivity contribution in [2.45, 2.75) is 13.3 Å². The number of thiazole rings is 1. The molecule has 0 fully saturated rings. The van der Waals surface area contributed by atoms with E-state index in [9.17, 15) is 0 Å². The van der Waals surface area contributed by atoms with Gasteiger partial charge in [0.15, 0.2) is 0 Å². The fraction of sp³-hybridized carbons (Fsp3) is 0.182. The van der Waals surface area contributed by atoms with E-state index < -0.39 is 0 Å². The van der Waals surface area contributed by atoms with Crippen LogP contribution in [0, 0.1) is 0 Å². The van der Waals surface area contributed by atoms with Crippen LogP contribution in [-0.4, -0.2) is 4.98 Å². The highest BCUT2D eigenvalue weighted by Crippen LogP contribution is 2.24. The molecule has 0 saturated heterocycles. The van der Waals surface area contributed by atoms with Crippen LogP contribution >= 0.6 is 27.3 Å². The van der Waals surface area contributed by atoms with E-state index in [0.717, 1.165) is 16.9 Å². The quantitative estimate of drug-likeness (QED) is 0.794. The maximum Gasteiger partial charge on any atom is 0.117 e. The lowest BCUT2D eigenvalue weighted by Crippen LogP contribution is -1.77. The smallest absolute Gasteiger partial charge is 0.117 e. The van der Waals surface area contributed by atoms with E-state index >= 15 is 0 Å². The van der Waals surface area contributed by atoms with E-state index in [1.807, 2.05) is 11.1 Å². The van der Waals surface area contributed by atoms with Gasteiger partial charge in [0.2, 0.25) is 0 Å². The van der Waals surface area contributed by atoms with Crippen LogP contribution in [0.1, 0.15) is 17.5 Å². The minimum absolute atomic E-state index is 1.05. The molecule has 72 valence electrons. The van der Waals surface area contributed by atoms with E-state index in [1.165, 1.54) is 10.3 Å². The van der Waals surface area contributed by atoms with Gasteiger partial charge in [-0.25, -0.2) is 4.98 Å². The molecule has 0 saturated carbocycles. The van der Waals surface area contributed by atoms with Gasteiger partial charge in [0.1, 0.15) is 5.01 Å². The summed E-state index contributed by atoms with van der Waals surface area (Å²) < 4.78 is 1.27. The lowest BCUT2D eigenvalue weighted by Gasteiger charge is -1.93. The molecule has 14 heavy (non-hydrogen) atoms. The van der Waals surface area contributed by atoms with E-state index in [4.69, 9.17) is 0 Å². The second-order valence-electron chi connectivity index (χ2n) is 3.00. The summed E-state index contributed by atoms with van der Waals surface area (Å²) in [5.74, 6) is 0. The Labute approximate surface area is 95.6 Å². The van der Waals surface area contributed by atoms with Gasteiger partial charge in [-0.15, -0.1) is 11.3 Å². The summed E-state index contributed by atoms with van der Waals surface area (Å²) in [7, 11) is 0. The van der Waals surface area contributed by atoms with Gasteiger partial charge in [0, 0.05) is 0 Å². The molecule has 1 aromatic heterocycles. The molecule has 0 aliphatic heterocycles. The standard InChI is InChI=1S/C11H10BrNS/c1-2-8-3-4-9-10(7-8)14-11(13-9)5-6-12/h3-7H,2H2,1H3. The summed E-state index contributed by atoms with van der Waals surface area (Å²) in [6.07, 6.45) is 3.05. The Morgan fingerprint density at radius 2 is 2.36 bits per heavy atom. The fourth-order valence-corrected chi connectivity index (χ4v) is 2.69. The third-order valence-corrected chi connectivity index (χ3v) is 3.33. The average Bonchev–Trinajstić information content (AvgIpc) is 2.59. The molecule has 0 radical (unpaired) electrons. The van der Waals surface area contributed by atoms with E-state index in [-0.39, 0.29) is 0 Å². The molecule has 1 aromatic carbocycles. The van der Waals surface area contributed by atoms with E-state index in [2.05, 4.69) is 46.0 Å². The molecule has 1 nitrogen and oxygen atoms in total. The molecule has 0 spiro atoms. The summed E-state index contributed by atoms with van der Waals surface area (Å²) in [5.41, 5.74) is 2.46. The van der Waals surface area contributed by atoms with Crippen LogP contribution in [0.15, 0.2) is 23.2 Å². The predicted octanol–water partition coefficient (Wildman–Crippen LogP) is 4.22. The fourth-order valence-electron chi connectivity index (χ4n) is 1.33. The molecule has 2 aromatic rings. The molecule has 2 rings (SSSR count). The topological polar surface area (TPSA) is 12.9 Å². The van der Waals surface area contributed by atoms with Crippen molar-refractivity contribution in [2.24, 2.45) is 0 Å². The maximum atomic E-state index is 4.48. The Hall–Kier alpha value is -0.670. The van der Waals surface area contributed by atoms with Gasteiger partial charge in [0.25, 0.3) is 0 Å². The highest BCUT2D eigenvalue weighted by atomic mass is 79.9. The molecule has 0 aliphatic carbocycles. The van der Waals surface area contributed by atoms with Crippen LogP contribution in [0.2, 0.25) is 0 Å². The van der Waals surface area contributed by atoms with Gasteiger partial charge in [-0.2, -0.15) is 0 Å². The Balaban J connectivity index is 2.54. The number of hydrogen-bond acceptors (Lipinski definition) is 2. The zero-order chi connectivity index (χ0) is 9.97. The van der Waals surface area contributed by atoms with Crippen molar-refractivity contribution in [1.29, 1.82) is 0 Å². The molecule has 0 unspecified atom stereocenters. The number of rotatable bonds is 2. The Kier molecular flexibility index (Phi) is 2.99. The average molecular weight is 268 g/mol. The van der Waals surface area contributed by atoms with Crippen molar-refractivity contribution in [2.75, 3.05) is 0 Å². The number of aromatic nitrogens is 1. The lowest BCUT2D eigenvalue weighted by molar-refractivity contribution is 1.15. The number of halogens is 1. The first kappa shape index (κ1) is 9.87. The molecule has 0 atom stereocenters. The first-order chi connectivity index (χ1) is 6.83. The van der Waals surface area contributed by atoms with Crippen molar-refractivity contribution >= 4 is 43.6 Å². The second-order valence-corrected chi connectivity index (χ2v) is 4.59. The largest absolute Gasteiger partial charge is 0.237 e.